The van der Waals surface area contributed by atoms with Gasteiger partial charge in [-0.25, -0.2) is 0 Å². The summed E-state index contributed by atoms with van der Waals surface area (Å²) in [6.07, 6.45) is 2.31. The molecule has 0 heterocycles. The fourth-order valence-electron chi connectivity index (χ4n) is 0.918. The molecule has 1 rings (SSSR count). The molecular formula is C9H16OS. The average molecular weight is 172 g/mol. The molecule has 0 radical (unpaired) electrons. The highest BCUT2D eigenvalue weighted by molar-refractivity contribution is 7.99. The van der Waals surface area contributed by atoms with Gasteiger partial charge in [-0.3, -0.25) is 4.79 Å². The SMILES string of the molecule is CC(C)CSCC(=O)C1CC1. The summed E-state index contributed by atoms with van der Waals surface area (Å²) in [6.45, 7) is 4.38. The lowest BCUT2D eigenvalue weighted by atomic mass is 10.3. The van der Waals surface area contributed by atoms with Crippen molar-refractivity contribution in [3.05, 3.63) is 0 Å². The quantitative estimate of drug-likeness (QED) is 0.633. The van der Waals surface area contributed by atoms with Crippen molar-refractivity contribution in [1.82, 2.24) is 0 Å². The summed E-state index contributed by atoms with van der Waals surface area (Å²) < 4.78 is 0. The van der Waals surface area contributed by atoms with E-state index < -0.39 is 0 Å². The van der Waals surface area contributed by atoms with E-state index in [0.717, 1.165) is 24.3 Å². The van der Waals surface area contributed by atoms with Gasteiger partial charge in [-0.1, -0.05) is 13.8 Å². The molecule has 1 fully saturated rings. The molecule has 0 N–H and O–H groups in total. The van der Waals surface area contributed by atoms with Gasteiger partial charge in [0.05, 0.1) is 5.75 Å². The van der Waals surface area contributed by atoms with Gasteiger partial charge in [0, 0.05) is 5.92 Å². The van der Waals surface area contributed by atoms with Gasteiger partial charge in [0.25, 0.3) is 0 Å². The van der Waals surface area contributed by atoms with Crippen LogP contribution in [0.2, 0.25) is 0 Å². The van der Waals surface area contributed by atoms with Crippen LogP contribution in [0.5, 0.6) is 0 Å². The Kier molecular flexibility index (Phi) is 3.44. The van der Waals surface area contributed by atoms with Crippen molar-refractivity contribution in [1.29, 1.82) is 0 Å². The van der Waals surface area contributed by atoms with Gasteiger partial charge in [-0.15, -0.1) is 0 Å². The first-order valence-electron chi connectivity index (χ1n) is 4.30. The molecule has 0 bridgehead atoms. The van der Waals surface area contributed by atoms with Crippen molar-refractivity contribution < 1.29 is 4.79 Å². The maximum Gasteiger partial charge on any atom is 0.145 e. The normalized spacial score (nSPS) is 17.4. The predicted molar refractivity (Wildman–Crippen MR) is 49.9 cm³/mol. The number of hydrogen-bond acceptors (Lipinski definition) is 2. The summed E-state index contributed by atoms with van der Waals surface area (Å²) in [6, 6.07) is 0. The van der Waals surface area contributed by atoms with Crippen LogP contribution in [-0.4, -0.2) is 17.3 Å². The molecule has 64 valence electrons. The van der Waals surface area contributed by atoms with E-state index in [1.54, 1.807) is 11.8 Å². The van der Waals surface area contributed by atoms with Crippen LogP contribution in [0.1, 0.15) is 26.7 Å². The van der Waals surface area contributed by atoms with E-state index in [1.807, 2.05) is 0 Å². The fraction of sp³-hybridized carbons (Fsp3) is 0.889. The van der Waals surface area contributed by atoms with Crippen LogP contribution < -0.4 is 0 Å². The van der Waals surface area contributed by atoms with Crippen LogP contribution in [0.3, 0.4) is 0 Å². The number of carbonyl (C=O) groups is 1. The van der Waals surface area contributed by atoms with Crippen LogP contribution in [-0.2, 0) is 4.79 Å². The van der Waals surface area contributed by atoms with Gasteiger partial charge in [-0.2, -0.15) is 11.8 Å². The van der Waals surface area contributed by atoms with Crippen LogP contribution >= 0.6 is 11.8 Å². The second-order valence-electron chi connectivity index (χ2n) is 3.65. The molecular weight excluding hydrogens is 156 g/mol. The molecule has 1 saturated carbocycles. The minimum atomic E-state index is 0.453. The van der Waals surface area contributed by atoms with E-state index in [0.29, 0.717) is 17.6 Å². The number of rotatable bonds is 5. The largest absolute Gasteiger partial charge is 0.298 e. The molecule has 1 aliphatic rings. The first-order chi connectivity index (χ1) is 5.20. The molecule has 1 nitrogen and oxygen atoms in total. The van der Waals surface area contributed by atoms with Crippen LogP contribution in [0, 0.1) is 11.8 Å². The van der Waals surface area contributed by atoms with E-state index in [1.165, 1.54) is 0 Å². The third kappa shape index (κ3) is 3.80. The van der Waals surface area contributed by atoms with Gasteiger partial charge in [0.2, 0.25) is 0 Å². The summed E-state index contributed by atoms with van der Waals surface area (Å²) in [5.41, 5.74) is 0. The van der Waals surface area contributed by atoms with Crippen molar-refractivity contribution in [2.45, 2.75) is 26.7 Å². The molecule has 0 spiro atoms. The molecule has 2 heteroatoms. The number of Topliss-reactive ketones (excluding diaryl/α,β-unsaturated/α-hetero) is 1. The molecule has 0 atom stereocenters. The molecule has 0 aromatic heterocycles. The minimum Gasteiger partial charge on any atom is -0.298 e. The maximum atomic E-state index is 11.2. The Morgan fingerprint density at radius 1 is 1.55 bits per heavy atom. The summed E-state index contributed by atoms with van der Waals surface area (Å²) in [5.74, 6) is 3.53. The van der Waals surface area contributed by atoms with Crippen molar-refractivity contribution in [2.75, 3.05) is 11.5 Å². The molecule has 0 aromatic rings. The van der Waals surface area contributed by atoms with Crippen molar-refractivity contribution >= 4 is 17.5 Å². The van der Waals surface area contributed by atoms with Gasteiger partial charge in [0.15, 0.2) is 0 Å². The number of hydrogen-bond donors (Lipinski definition) is 0. The molecule has 0 amide bonds. The summed E-state index contributed by atoms with van der Waals surface area (Å²) in [5, 5.41) is 0. The Morgan fingerprint density at radius 2 is 2.18 bits per heavy atom. The topological polar surface area (TPSA) is 17.1 Å². The highest BCUT2D eigenvalue weighted by Gasteiger charge is 2.28. The molecule has 0 aromatic carbocycles. The Labute approximate surface area is 72.9 Å². The standard InChI is InChI=1S/C9H16OS/c1-7(2)5-11-6-9(10)8-3-4-8/h7-8H,3-6H2,1-2H3. The first-order valence-corrected chi connectivity index (χ1v) is 5.46. The molecule has 1 aliphatic carbocycles. The third-order valence-electron chi connectivity index (χ3n) is 1.73. The lowest BCUT2D eigenvalue weighted by molar-refractivity contribution is -0.117. The second-order valence-corrected chi connectivity index (χ2v) is 4.68. The fourth-order valence-corrected chi connectivity index (χ4v) is 1.94. The zero-order valence-electron chi connectivity index (χ0n) is 7.30. The van der Waals surface area contributed by atoms with E-state index >= 15 is 0 Å². The smallest absolute Gasteiger partial charge is 0.145 e. The molecule has 0 aliphatic heterocycles. The zero-order valence-corrected chi connectivity index (χ0v) is 8.12. The van der Waals surface area contributed by atoms with Crippen LogP contribution in [0.4, 0.5) is 0 Å². The van der Waals surface area contributed by atoms with Crippen molar-refractivity contribution in [3.8, 4) is 0 Å². The second kappa shape index (κ2) is 4.15. The van der Waals surface area contributed by atoms with Crippen molar-refractivity contribution in [3.63, 3.8) is 0 Å². The highest BCUT2D eigenvalue weighted by atomic mass is 32.2. The third-order valence-corrected chi connectivity index (χ3v) is 3.12. The van der Waals surface area contributed by atoms with Gasteiger partial charge in [-0.05, 0) is 24.5 Å². The minimum absolute atomic E-state index is 0.453. The van der Waals surface area contributed by atoms with E-state index in [-0.39, 0.29) is 0 Å². The van der Waals surface area contributed by atoms with E-state index in [2.05, 4.69) is 13.8 Å². The van der Waals surface area contributed by atoms with E-state index in [4.69, 9.17) is 0 Å². The predicted octanol–water partition coefficient (Wildman–Crippen LogP) is 2.35. The summed E-state index contributed by atoms with van der Waals surface area (Å²) >= 11 is 1.79. The highest BCUT2D eigenvalue weighted by Crippen LogP contribution is 2.30. The van der Waals surface area contributed by atoms with E-state index in [9.17, 15) is 4.79 Å². The Bertz CT molecular complexity index is 138. The van der Waals surface area contributed by atoms with Crippen molar-refractivity contribution in [2.24, 2.45) is 11.8 Å². The lowest BCUT2D eigenvalue weighted by Gasteiger charge is -2.02. The Balaban J connectivity index is 1.97. The molecule has 11 heavy (non-hydrogen) atoms. The van der Waals surface area contributed by atoms with Gasteiger partial charge in [0.1, 0.15) is 5.78 Å². The summed E-state index contributed by atoms with van der Waals surface area (Å²) in [4.78, 5) is 11.2. The van der Waals surface area contributed by atoms with Crippen LogP contribution in [0.15, 0.2) is 0 Å². The lowest BCUT2D eigenvalue weighted by Crippen LogP contribution is -2.05. The number of thioether (sulfide) groups is 1. The summed E-state index contributed by atoms with van der Waals surface area (Å²) in [7, 11) is 0. The Hall–Kier alpha value is 0.0200. The first kappa shape index (κ1) is 9.11. The number of carbonyl (C=O) groups excluding carboxylic acids is 1. The van der Waals surface area contributed by atoms with Gasteiger partial charge >= 0.3 is 0 Å². The number of ketones is 1. The van der Waals surface area contributed by atoms with Gasteiger partial charge < -0.3 is 0 Å². The zero-order chi connectivity index (χ0) is 8.27. The average Bonchev–Trinajstić information content (AvgIpc) is 2.66. The maximum absolute atomic E-state index is 11.2. The van der Waals surface area contributed by atoms with Crippen LogP contribution in [0.25, 0.3) is 0 Å². The Morgan fingerprint density at radius 3 is 2.64 bits per heavy atom. The molecule has 0 saturated heterocycles. The molecule has 0 unspecified atom stereocenters. The monoisotopic (exact) mass is 172 g/mol.